The van der Waals surface area contributed by atoms with Crippen molar-refractivity contribution in [3.8, 4) is 0 Å². The highest BCUT2D eigenvalue weighted by Crippen LogP contribution is 2.38. The van der Waals surface area contributed by atoms with Crippen molar-refractivity contribution >= 4 is 23.9 Å². The zero-order valence-electron chi connectivity index (χ0n) is 55.6. The average molecular weight is 1170 g/mol. The first-order chi connectivity index (χ1) is 40.2. The van der Waals surface area contributed by atoms with E-state index in [2.05, 4.69) is 74.1 Å². The van der Waals surface area contributed by atoms with Crippen molar-refractivity contribution in [3.63, 3.8) is 0 Å². The molecular formula is C72H132O11. The van der Waals surface area contributed by atoms with E-state index in [4.69, 9.17) is 28.8 Å². The topological polar surface area (TPSA) is 155 Å². The van der Waals surface area contributed by atoms with E-state index < -0.39 is 24.5 Å². The van der Waals surface area contributed by atoms with Crippen molar-refractivity contribution in [1.29, 1.82) is 0 Å². The number of hydrogen-bond acceptors (Lipinski definition) is 9. The molecule has 0 bridgehead atoms. The fourth-order valence-corrected chi connectivity index (χ4v) is 11.6. The summed E-state index contributed by atoms with van der Waals surface area (Å²) in [6.45, 7) is 27.1. The standard InChI is InChI=1S/C41H76O6.C21H36O4.C10H20O/c1-8-13-16-20-25-37-28-29-38(39(30-37)41(43)47-34(7)45-32-36(12-5)24-15-10-3)26-21-18-17-19-22-27-40(42)46-33(6)44-31-35(11-4)23-14-9-2;1-2-3-4-8-11-17-14-15-18(19(16-17)21(24)25)12-9-6-5-7-10-13-20(22)23;1-4-7-8-10(5-2)9-11-6-3/h28,33-36,38-39H,8-27,29-32H2,1-7H3;14,18-19H,2-13,15-16H2,1H3,(H,22,23)(H,24,25);6,10H,3-5,7-9H2,1-2H3. The molecule has 0 saturated heterocycles. The minimum Gasteiger partial charge on any atom is -0.502 e. The number of carboxylic acids is 2. The summed E-state index contributed by atoms with van der Waals surface area (Å²) in [7, 11) is 0. The van der Waals surface area contributed by atoms with Crippen molar-refractivity contribution in [2.75, 3.05) is 19.8 Å². The molecule has 0 aromatic heterocycles. The van der Waals surface area contributed by atoms with Gasteiger partial charge in [0.15, 0.2) is 12.6 Å². The number of aliphatic carboxylic acids is 2. The van der Waals surface area contributed by atoms with Gasteiger partial charge in [-0.2, -0.15) is 0 Å². The van der Waals surface area contributed by atoms with Gasteiger partial charge in [0, 0.05) is 12.8 Å². The molecule has 2 aliphatic rings. The fourth-order valence-electron chi connectivity index (χ4n) is 11.6. The summed E-state index contributed by atoms with van der Waals surface area (Å²) >= 11 is 0. The summed E-state index contributed by atoms with van der Waals surface area (Å²) in [5, 5.41) is 18.2. The van der Waals surface area contributed by atoms with Crippen LogP contribution >= 0.6 is 0 Å². The molecule has 9 atom stereocenters. The number of rotatable bonds is 51. The second-order valence-electron chi connectivity index (χ2n) is 24.8. The highest BCUT2D eigenvalue weighted by molar-refractivity contribution is 5.73. The van der Waals surface area contributed by atoms with Crippen LogP contribution in [0.15, 0.2) is 36.1 Å². The fraction of sp³-hybridized carbons (Fsp3) is 0.861. The van der Waals surface area contributed by atoms with Gasteiger partial charge in [0.1, 0.15) is 0 Å². The van der Waals surface area contributed by atoms with Crippen LogP contribution in [0, 0.1) is 41.4 Å². The SMILES string of the molecule is C=COCC(CC)CCCC.CCCCCCC1=CCC(CCCCCCCC(=O)O)C(C(=O)O)C1.CCCCCCC1=CCC(CCCCCCCC(=O)OC(C)OCC(CC)CCCC)C(C(=O)OC(C)OCC(CC)CCCC)C1. The molecule has 0 aromatic rings. The largest absolute Gasteiger partial charge is 0.502 e. The van der Waals surface area contributed by atoms with Gasteiger partial charge in [-0.15, -0.1) is 0 Å². The monoisotopic (exact) mass is 1170 g/mol. The second kappa shape index (κ2) is 55.4. The number of carbonyl (C=O) groups excluding carboxylic acids is 2. The summed E-state index contributed by atoms with van der Waals surface area (Å²) in [6, 6.07) is 0. The average Bonchev–Trinajstić information content (AvgIpc) is 3.56. The van der Waals surface area contributed by atoms with Crippen LogP contribution in [0.1, 0.15) is 326 Å². The van der Waals surface area contributed by atoms with Gasteiger partial charge in [0.05, 0.1) is 37.9 Å². The third kappa shape index (κ3) is 44.0. The van der Waals surface area contributed by atoms with Crippen LogP contribution in [0.4, 0.5) is 0 Å². The van der Waals surface area contributed by atoms with E-state index in [0.717, 1.165) is 141 Å². The normalized spacial score (nSPS) is 18.6. The molecule has 0 radical (unpaired) electrons. The summed E-state index contributed by atoms with van der Waals surface area (Å²) in [4.78, 5) is 47.9. The molecular weight excluding hydrogens is 1040 g/mol. The van der Waals surface area contributed by atoms with Gasteiger partial charge in [0.25, 0.3) is 0 Å². The van der Waals surface area contributed by atoms with Crippen LogP contribution in [0.3, 0.4) is 0 Å². The Hall–Kier alpha value is -3.18. The van der Waals surface area contributed by atoms with Crippen molar-refractivity contribution in [2.45, 2.75) is 339 Å². The number of carbonyl (C=O) groups is 4. The number of ether oxygens (including phenoxy) is 5. The first kappa shape index (κ1) is 79.8. The van der Waals surface area contributed by atoms with Crippen molar-refractivity contribution in [1.82, 2.24) is 0 Å². The van der Waals surface area contributed by atoms with Crippen molar-refractivity contribution in [3.05, 3.63) is 36.1 Å². The molecule has 2 rings (SSSR count). The molecule has 0 heterocycles. The summed E-state index contributed by atoms with van der Waals surface area (Å²) in [6.07, 6.45) is 48.1. The van der Waals surface area contributed by atoms with E-state index in [1.807, 2.05) is 13.8 Å². The Labute approximate surface area is 510 Å². The molecule has 0 aliphatic heterocycles. The molecule has 2 N–H and O–H groups in total. The second-order valence-corrected chi connectivity index (χ2v) is 24.8. The third-order valence-corrected chi connectivity index (χ3v) is 17.6. The van der Waals surface area contributed by atoms with E-state index >= 15 is 0 Å². The maximum absolute atomic E-state index is 13.5. The third-order valence-electron chi connectivity index (χ3n) is 17.6. The van der Waals surface area contributed by atoms with Crippen LogP contribution in [0.2, 0.25) is 0 Å². The number of hydrogen-bond donors (Lipinski definition) is 2. The molecule has 0 amide bonds. The predicted octanol–water partition coefficient (Wildman–Crippen LogP) is 21.1. The van der Waals surface area contributed by atoms with Crippen LogP contribution in [0.25, 0.3) is 0 Å². The van der Waals surface area contributed by atoms with Gasteiger partial charge >= 0.3 is 23.9 Å². The Morgan fingerprint density at radius 2 is 0.904 bits per heavy atom. The molecule has 9 unspecified atom stereocenters. The molecule has 0 fully saturated rings. The summed E-state index contributed by atoms with van der Waals surface area (Å²) in [5.41, 5.74) is 2.79. The molecule has 2 aliphatic carbocycles. The highest BCUT2D eigenvalue weighted by atomic mass is 16.7. The van der Waals surface area contributed by atoms with Crippen molar-refractivity contribution < 1.29 is 53.1 Å². The lowest BCUT2D eigenvalue weighted by molar-refractivity contribution is -0.184. The molecule has 11 heteroatoms. The van der Waals surface area contributed by atoms with Gasteiger partial charge < -0.3 is 33.9 Å². The number of allylic oxidation sites excluding steroid dienone is 4. The Kier molecular flexibility index (Phi) is 53.3. The van der Waals surface area contributed by atoms with Crippen LogP contribution in [-0.2, 0) is 42.9 Å². The Morgan fingerprint density at radius 1 is 0.506 bits per heavy atom. The van der Waals surface area contributed by atoms with E-state index in [1.54, 1.807) is 0 Å². The molecule has 0 spiro atoms. The minimum atomic E-state index is -0.719. The number of carboxylic acid groups (broad SMARTS) is 2. The Morgan fingerprint density at radius 3 is 1.34 bits per heavy atom. The number of unbranched alkanes of at least 4 members (excludes halogenated alkanes) is 17. The molecule has 11 nitrogen and oxygen atoms in total. The molecule has 486 valence electrons. The van der Waals surface area contributed by atoms with Gasteiger partial charge in [-0.05, 0) is 140 Å². The number of esters is 2. The van der Waals surface area contributed by atoms with Gasteiger partial charge in [0.2, 0.25) is 0 Å². The smallest absolute Gasteiger partial charge is 0.311 e. The van der Waals surface area contributed by atoms with Gasteiger partial charge in [-0.1, -0.05) is 233 Å². The van der Waals surface area contributed by atoms with E-state index in [0.29, 0.717) is 37.4 Å². The van der Waals surface area contributed by atoms with E-state index in [-0.39, 0.29) is 36.1 Å². The summed E-state index contributed by atoms with van der Waals surface area (Å²) < 4.78 is 28.4. The predicted molar refractivity (Wildman–Crippen MR) is 345 cm³/mol. The zero-order valence-corrected chi connectivity index (χ0v) is 55.6. The van der Waals surface area contributed by atoms with Crippen LogP contribution < -0.4 is 0 Å². The highest BCUT2D eigenvalue weighted by Gasteiger charge is 2.34. The lowest BCUT2D eigenvalue weighted by Gasteiger charge is -2.31. The van der Waals surface area contributed by atoms with E-state index in [9.17, 15) is 24.3 Å². The summed E-state index contributed by atoms with van der Waals surface area (Å²) in [5.74, 6) is 0.515. The zero-order chi connectivity index (χ0) is 61.7. The molecule has 83 heavy (non-hydrogen) atoms. The quantitative estimate of drug-likeness (QED) is 0.0197. The van der Waals surface area contributed by atoms with Crippen LogP contribution in [-0.4, -0.2) is 66.5 Å². The first-order valence-electron chi connectivity index (χ1n) is 34.8. The van der Waals surface area contributed by atoms with Crippen LogP contribution in [0.5, 0.6) is 0 Å². The molecule has 0 aromatic carbocycles. The maximum Gasteiger partial charge on any atom is 0.311 e. The lowest BCUT2D eigenvalue weighted by Crippen LogP contribution is -2.32. The van der Waals surface area contributed by atoms with Gasteiger partial charge in [-0.3, -0.25) is 19.2 Å². The van der Waals surface area contributed by atoms with E-state index in [1.165, 1.54) is 133 Å². The maximum atomic E-state index is 13.5. The first-order valence-corrected chi connectivity index (χ1v) is 34.8. The van der Waals surface area contributed by atoms with Crippen molar-refractivity contribution in [2.24, 2.45) is 41.4 Å². The Bertz CT molecular complexity index is 1640. The van der Waals surface area contributed by atoms with Gasteiger partial charge in [-0.25, -0.2) is 0 Å². The minimum absolute atomic E-state index is 0.0764. The lowest BCUT2D eigenvalue weighted by atomic mass is 9.76. The Balaban J connectivity index is 0.00000154. The molecule has 0 saturated carbocycles.